The number of anilines is 1. The number of hydrogen-bond acceptors (Lipinski definition) is 7. The van der Waals surface area contributed by atoms with Crippen LogP contribution in [0.25, 0.3) is 0 Å². The van der Waals surface area contributed by atoms with Gasteiger partial charge in [0.15, 0.2) is 17.6 Å². The zero-order valence-electron chi connectivity index (χ0n) is 18.6. The normalized spacial score (nSPS) is 19.7. The van der Waals surface area contributed by atoms with Gasteiger partial charge >= 0.3 is 0 Å². The third kappa shape index (κ3) is 6.51. The van der Waals surface area contributed by atoms with Crippen molar-refractivity contribution in [1.82, 2.24) is 10.2 Å². The number of nitrogens with one attached hydrogen (secondary N) is 2. The molecule has 3 N–H and O–H groups in total. The van der Waals surface area contributed by atoms with E-state index in [4.69, 9.17) is 25.8 Å². The first-order valence-corrected chi connectivity index (χ1v) is 11.5. The fourth-order valence-electron chi connectivity index (χ4n) is 4.07. The highest BCUT2D eigenvalue weighted by Gasteiger charge is 2.29. The van der Waals surface area contributed by atoms with Crippen molar-refractivity contribution in [2.45, 2.75) is 31.1 Å². The molecule has 2 unspecified atom stereocenters. The molecule has 2 heterocycles. The van der Waals surface area contributed by atoms with Gasteiger partial charge in [-0.25, -0.2) is 0 Å². The number of carbonyl (C=O) groups excluding carboxylic acids is 1. The van der Waals surface area contributed by atoms with Gasteiger partial charge in [0.1, 0.15) is 18.5 Å². The summed E-state index contributed by atoms with van der Waals surface area (Å²) in [5.74, 6) is 1.88. The van der Waals surface area contributed by atoms with Gasteiger partial charge in [0, 0.05) is 42.5 Å². The molecule has 1 amide bonds. The van der Waals surface area contributed by atoms with Crippen molar-refractivity contribution in [3.8, 4) is 17.2 Å². The van der Waals surface area contributed by atoms with E-state index >= 15 is 0 Å². The predicted octanol–water partition coefficient (Wildman–Crippen LogP) is 2.54. The van der Waals surface area contributed by atoms with Gasteiger partial charge in [0.25, 0.3) is 0 Å². The van der Waals surface area contributed by atoms with Gasteiger partial charge in [-0.05, 0) is 43.2 Å². The molecule has 2 aromatic rings. The zero-order chi connectivity index (χ0) is 23.2. The summed E-state index contributed by atoms with van der Waals surface area (Å²) in [5.41, 5.74) is 0.703. The van der Waals surface area contributed by atoms with Crippen LogP contribution >= 0.6 is 11.6 Å². The number of amides is 1. The lowest BCUT2D eigenvalue weighted by molar-refractivity contribution is -0.117. The second kappa shape index (κ2) is 11.1. The number of methoxy groups -OCH3 is 1. The number of ether oxygens (including phenoxy) is 3. The number of carbonyl (C=O) groups is 1. The Hall–Kier alpha value is -2.52. The Balaban J connectivity index is 1.16. The minimum atomic E-state index is -0.693. The number of halogens is 1. The molecule has 4 rings (SSSR count). The third-order valence-electron chi connectivity index (χ3n) is 5.94. The fraction of sp³-hybridized carbons (Fsp3) is 0.458. The molecular weight excluding hydrogens is 446 g/mol. The van der Waals surface area contributed by atoms with Crippen LogP contribution in [0, 0.1) is 0 Å². The molecule has 0 saturated carbocycles. The van der Waals surface area contributed by atoms with Crippen LogP contribution in [0.4, 0.5) is 5.69 Å². The number of rotatable bonds is 8. The number of aliphatic hydroxyl groups is 1. The van der Waals surface area contributed by atoms with Crippen LogP contribution in [0.2, 0.25) is 5.02 Å². The molecule has 8 nitrogen and oxygen atoms in total. The summed E-state index contributed by atoms with van der Waals surface area (Å²) in [6.45, 7) is 2.67. The molecule has 9 heteroatoms. The Bertz CT molecular complexity index is 951. The SMILES string of the molecule is COc1ccc2c(c1)OCC(C(O)CNC1CCN(CC(=O)Nc3cccc(Cl)c3)CC1)O2. The fourth-order valence-corrected chi connectivity index (χ4v) is 4.26. The molecule has 0 spiro atoms. The van der Waals surface area contributed by atoms with Crippen molar-refractivity contribution in [3.05, 3.63) is 47.5 Å². The number of likely N-dealkylation sites (tertiary alicyclic amines) is 1. The monoisotopic (exact) mass is 475 g/mol. The summed E-state index contributed by atoms with van der Waals surface area (Å²) >= 11 is 5.97. The molecule has 0 bridgehead atoms. The first kappa shape index (κ1) is 23.6. The van der Waals surface area contributed by atoms with E-state index in [1.54, 1.807) is 37.4 Å². The summed E-state index contributed by atoms with van der Waals surface area (Å²) in [4.78, 5) is 14.4. The molecule has 33 heavy (non-hydrogen) atoms. The highest BCUT2D eigenvalue weighted by molar-refractivity contribution is 6.30. The second-order valence-corrected chi connectivity index (χ2v) is 8.80. The molecule has 0 aliphatic carbocycles. The number of hydrogen-bond donors (Lipinski definition) is 3. The molecular formula is C24H30ClN3O5. The lowest BCUT2D eigenvalue weighted by Crippen LogP contribution is -2.50. The van der Waals surface area contributed by atoms with Gasteiger partial charge in [0.2, 0.25) is 5.91 Å². The van der Waals surface area contributed by atoms with Crippen LogP contribution in [-0.4, -0.2) is 74.1 Å². The number of fused-ring (bicyclic) bond motifs is 1. The van der Waals surface area contributed by atoms with Crippen LogP contribution in [0.15, 0.2) is 42.5 Å². The largest absolute Gasteiger partial charge is 0.497 e. The van der Waals surface area contributed by atoms with Crippen molar-refractivity contribution >= 4 is 23.2 Å². The first-order chi connectivity index (χ1) is 16.0. The smallest absolute Gasteiger partial charge is 0.238 e. The van der Waals surface area contributed by atoms with Crippen LogP contribution < -0.4 is 24.8 Å². The number of piperidine rings is 1. The van der Waals surface area contributed by atoms with Crippen LogP contribution in [0.1, 0.15) is 12.8 Å². The van der Waals surface area contributed by atoms with E-state index in [2.05, 4.69) is 15.5 Å². The Morgan fingerprint density at radius 1 is 1.24 bits per heavy atom. The number of aliphatic hydroxyl groups excluding tert-OH is 1. The maximum atomic E-state index is 12.3. The molecule has 0 radical (unpaired) electrons. The van der Waals surface area contributed by atoms with Gasteiger partial charge in [-0.15, -0.1) is 0 Å². The van der Waals surface area contributed by atoms with E-state index in [1.807, 2.05) is 12.1 Å². The van der Waals surface area contributed by atoms with Gasteiger partial charge in [-0.1, -0.05) is 17.7 Å². The standard InChI is InChI=1S/C24H30ClN3O5/c1-31-19-5-6-21-22(12-19)32-15-23(33-21)20(29)13-26-17-7-9-28(10-8-17)14-24(30)27-18-4-2-3-16(25)11-18/h2-6,11-12,17,20,23,26,29H,7-10,13-15H2,1H3,(H,27,30). The molecule has 1 fully saturated rings. The predicted molar refractivity (Wildman–Crippen MR) is 126 cm³/mol. The second-order valence-electron chi connectivity index (χ2n) is 8.36. The van der Waals surface area contributed by atoms with Gasteiger partial charge in [-0.2, -0.15) is 0 Å². The molecule has 2 aliphatic rings. The zero-order valence-corrected chi connectivity index (χ0v) is 19.4. The van der Waals surface area contributed by atoms with E-state index in [0.29, 0.717) is 41.0 Å². The Morgan fingerprint density at radius 3 is 2.82 bits per heavy atom. The minimum Gasteiger partial charge on any atom is -0.497 e. The third-order valence-corrected chi connectivity index (χ3v) is 6.18. The van der Waals surface area contributed by atoms with E-state index in [-0.39, 0.29) is 18.6 Å². The molecule has 2 aromatic carbocycles. The van der Waals surface area contributed by atoms with Crippen molar-refractivity contribution in [1.29, 1.82) is 0 Å². The quantitative estimate of drug-likeness (QED) is 0.540. The van der Waals surface area contributed by atoms with Crippen LogP contribution in [-0.2, 0) is 4.79 Å². The van der Waals surface area contributed by atoms with E-state index in [1.165, 1.54) is 0 Å². The lowest BCUT2D eigenvalue weighted by atomic mass is 10.0. The average Bonchev–Trinajstić information content (AvgIpc) is 2.82. The maximum absolute atomic E-state index is 12.3. The van der Waals surface area contributed by atoms with Crippen LogP contribution in [0.5, 0.6) is 17.2 Å². The van der Waals surface area contributed by atoms with Crippen molar-refractivity contribution < 1.29 is 24.1 Å². The van der Waals surface area contributed by atoms with Crippen molar-refractivity contribution in [2.75, 3.05) is 45.2 Å². The highest BCUT2D eigenvalue weighted by atomic mass is 35.5. The molecule has 0 aromatic heterocycles. The Kier molecular flexibility index (Phi) is 7.93. The topological polar surface area (TPSA) is 92.3 Å². The molecule has 2 atom stereocenters. The summed E-state index contributed by atoms with van der Waals surface area (Å²) < 4.78 is 16.9. The molecule has 2 aliphatic heterocycles. The number of benzene rings is 2. The maximum Gasteiger partial charge on any atom is 0.238 e. The van der Waals surface area contributed by atoms with Gasteiger partial charge in [0.05, 0.1) is 13.7 Å². The minimum absolute atomic E-state index is 0.0496. The Morgan fingerprint density at radius 2 is 2.06 bits per heavy atom. The summed E-state index contributed by atoms with van der Waals surface area (Å²) in [7, 11) is 1.60. The van der Waals surface area contributed by atoms with E-state index in [9.17, 15) is 9.90 Å². The van der Waals surface area contributed by atoms with E-state index in [0.717, 1.165) is 25.9 Å². The lowest BCUT2D eigenvalue weighted by Gasteiger charge is -2.34. The average molecular weight is 476 g/mol. The van der Waals surface area contributed by atoms with Gasteiger partial charge < -0.3 is 30.0 Å². The number of nitrogens with zero attached hydrogens (tertiary/aromatic N) is 1. The molecule has 1 saturated heterocycles. The molecule has 178 valence electrons. The van der Waals surface area contributed by atoms with Crippen LogP contribution in [0.3, 0.4) is 0 Å². The van der Waals surface area contributed by atoms with Gasteiger partial charge in [-0.3, -0.25) is 9.69 Å². The Labute approximate surface area is 198 Å². The summed E-state index contributed by atoms with van der Waals surface area (Å²) in [6.07, 6.45) is 0.680. The van der Waals surface area contributed by atoms with Crippen molar-refractivity contribution in [3.63, 3.8) is 0 Å². The van der Waals surface area contributed by atoms with E-state index < -0.39 is 12.2 Å². The summed E-state index contributed by atoms with van der Waals surface area (Å²) in [5, 5.41) is 17.5. The summed E-state index contributed by atoms with van der Waals surface area (Å²) in [6, 6.07) is 12.8. The highest BCUT2D eigenvalue weighted by Crippen LogP contribution is 2.35. The van der Waals surface area contributed by atoms with Crippen molar-refractivity contribution in [2.24, 2.45) is 0 Å². The first-order valence-electron chi connectivity index (χ1n) is 11.2.